The average Bonchev–Trinajstić information content (AvgIpc) is 3.17. The van der Waals surface area contributed by atoms with Crippen LogP contribution in [0, 0.1) is 0 Å². The predicted molar refractivity (Wildman–Crippen MR) is 124 cm³/mol. The molecular weight excluding hydrogens is 412 g/mol. The van der Waals surface area contributed by atoms with E-state index in [1.807, 2.05) is 36.2 Å². The van der Waals surface area contributed by atoms with E-state index in [0.29, 0.717) is 31.4 Å². The van der Waals surface area contributed by atoms with E-state index in [1.165, 1.54) is 5.56 Å². The predicted octanol–water partition coefficient (Wildman–Crippen LogP) is 4.64. The molecule has 0 spiro atoms. The Balaban J connectivity index is 2.04. The third-order valence-corrected chi connectivity index (χ3v) is 10.5. The van der Waals surface area contributed by atoms with Gasteiger partial charge in [-0.15, -0.1) is 0 Å². The molecule has 1 aromatic carbocycles. The summed E-state index contributed by atoms with van der Waals surface area (Å²) in [5, 5.41) is 15.9. The van der Waals surface area contributed by atoms with Crippen LogP contribution in [0.1, 0.15) is 50.7 Å². The van der Waals surface area contributed by atoms with Crippen molar-refractivity contribution in [1.82, 2.24) is 15.5 Å². The Labute approximate surface area is 186 Å². The molecule has 31 heavy (non-hydrogen) atoms. The van der Waals surface area contributed by atoms with Gasteiger partial charge in [-0.05, 0) is 35.7 Å². The fourth-order valence-corrected chi connectivity index (χ4v) is 3.81. The zero-order valence-corrected chi connectivity index (χ0v) is 20.7. The summed E-state index contributed by atoms with van der Waals surface area (Å²) in [6, 6.07) is 7.84. The highest BCUT2D eigenvalue weighted by Crippen LogP contribution is 2.36. The van der Waals surface area contributed by atoms with Crippen molar-refractivity contribution in [2.45, 2.75) is 64.7 Å². The van der Waals surface area contributed by atoms with E-state index < -0.39 is 20.5 Å². The number of hydrogen-bond donors (Lipinski definition) is 2. The van der Waals surface area contributed by atoms with Crippen molar-refractivity contribution in [3.8, 4) is 0 Å². The van der Waals surface area contributed by atoms with Gasteiger partial charge in [0.05, 0.1) is 12.6 Å². The van der Waals surface area contributed by atoms with Crippen LogP contribution in [0.5, 0.6) is 0 Å². The molecule has 0 fully saturated rings. The van der Waals surface area contributed by atoms with E-state index >= 15 is 0 Å². The summed E-state index contributed by atoms with van der Waals surface area (Å²) in [5.74, 6) is 0.314. The van der Waals surface area contributed by atoms with Crippen molar-refractivity contribution >= 4 is 20.4 Å². The van der Waals surface area contributed by atoms with Gasteiger partial charge in [-0.3, -0.25) is 0 Å². The van der Waals surface area contributed by atoms with Crippen LogP contribution in [0.3, 0.4) is 0 Å². The van der Waals surface area contributed by atoms with Gasteiger partial charge in [-0.1, -0.05) is 57.1 Å². The lowest BCUT2D eigenvalue weighted by molar-refractivity contribution is 0.189. The minimum Gasteiger partial charge on any atom is -0.465 e. The van der Waals surface area contributed by atoms with Crippen molar-refractivity contribution in [2.75, 3.05) is 25.1 Å². The normalized spacial score (nSPS) is 13.1. The van der Waals surface area contributed by atoms with E-state index in [-0.39, 0.29) is 5.04 Å². The van der Waals surface area contributed by atoms with Crippen LogP contribution in [-0.4, -0.2) is 49.9 Å². The number of hydrogen-bond acceptors (Lipinski definition) is 6. The van der Waals surface area contributed by atoms with Crippen LogP contribution in [0.4, 0.5) is 10.8 Å². The molecular formula is C22H36N4O4Si. The monoisotopic (exact) mass is 448 g/mol. The fourth-order valence-electron chi connectivity index (χ4n) is 2.78. The van der Waals surface area contributed by atoms with Crippen molar-refractivity contribution in [1.29, 1.82) is 0 Å². The van der Waals surface area contributed by atoms with Gasteiger partial charge in [0.2, 0.25) is 0 Å². The van der Waals surface area contributed by atoms with Gasteiger partial charge in [0.25, 0.3) is 0 Å². The Morgan fingerprint density at radius 1 is 1.26 bits per heavy atom. The molecule has 0 saturated carbocycles. The number of likely N-dealkylation sites (N-methyl/N-ethyl adjacent to an activating group) is 1. The molecule has 2 N–H and O–H groups in total. The summed E-state index contributed by atoms with van der Waals surface area (Å²) in [6.45, 7) is 14.3. The molecule has 172 valence electrons. The first-order valence-electron chi connectivity index (χ1n) is 10.7. The number of carboxylic acid groups (broad SMARTS) is 1. The van der Waals surface area contributed by atoms with Gasteiger partial charge in [0.1, 0.15) is 0 Å². The maximum atomic E-state index is 11.3. The summed E-state index contributed by atoms with van der Waals surface area (Å²) in [6.07, 6.45) is 0.266. The highest BCUT2D eigenvalue weighted by molar-refractivity contribution is 6.74. The topological polar surface area (TPSA) is 101 Å². The SMILES string of the molecule is CCc1ccc(CC(NC(=O)O)c2noc(N(C)CCO[Si](C)(C)C(C)(C)C)n2)cc1. The first-order valence-corrected chi connectivity index (χ1v) is 13.6. The number of anilines is 1. The average molecular weight is 449 g/mol. The number of aryl methyl sites for hydroxylation is 1. The maximum absolute atomic E-state index is 11.3. The highest BCUT2D eigenvalue weighted by atomic mass is 28.4. The maximum Gasteiger partial charge on any atom is 0.405 e. The van der Waals surface area contributed by atoms with Gasteiger partial charge in [-0.25, -0.2) is 4.79 Å². The van der Waals surface area contributed by atoms with Crippen molar-refractivity contribution in [3.05, 3.63) is 41.2 Å². The molecule has 8 nitrogen and oxygen atoms in total. The second-order valence-corrected chi connectivity index (χ2v) is 14.2. The van der Waals surface area contributed by atoms with E-state index in [4.69, 9.17) is 8.95 Å². The zero-order valence-electron chi connectivity index (χ0n) is 19.7. The first-order chi connectivity index (χ1) is 14.4. The quantitative estimate of drug-likeness (QED) is 0.511. The molecule has 0 bridgehead atoms. The van der Waals surface area contributed by atoms with Crippen molar-refractivity contribution in [3.63, 3.8) is 0 Å². The number of rotatable bonds is 10. The number of benzene rings is 1. The molecule has 0 saturated heterocycles. The Morgan fingerprint density at radius 3 is 2.42 bits per heavy atom. The Morgan fingerprint density at radius 2 is 1.87 bits per heavy atom. The van der Waals surface area contributed by atoms with Crippen LogP contribution < -0.4 is 10.2 Å². The van der Waals surface area contributed by atoms with Gasteiger partial charge in [0.15, 0.2) is 14.1 Å². The molecule has 1 amide bonds. The Hall–Kier alpha value is -2.39. The molecule has 0 aliphatic rings. The fraction of sp³-hybridized carbons (Fsp3) is 0.591. The third kappa shape index (κ3) is 7.07. The van der Waals surface area contributed by atoms with E-state index in [1.54, 1.807) is 0 Å². The lowest BCUT2D eigenvalue weighted by Crippen LogP contribution is -2.42. The molecule has 0 radical (unpaired) electrons. The van der Waals surface area contributed by atoms with Gasteiger partial charge in [-0.2, -0.15) is 4.98 Å². The summed E-state index contributed by atoms with van der Waals surface area (Å²) in [4.78, 5) is 17.6. The summed E-state index contributed by atoms with van der Waals surface area (Å²) < 4.78 is 11.6. The minimum absolute atomic E-state index is 0.147. The lowest BCUT2D eigenvalue weighted by atomic mass is 10.0. The number of aromatic nitrogens is 2. The third-order valence-electron chi connectivity index (χ3n) is 5.93. The van der Waals surface area contributed by atoms with E-state index in [0.717, 1.165) is 12.0 Å². The second-order valence-electron chi connectivity index (χ2n) is 9.34. The molecule has 0 aliphatic heterocycles. The van der Waals surface area contributed by atoms with Crippen molar-refractivity contribution in [2.24, 2.45) is 0 Å². The van der Waals surface area contributed by atoms with Crippen LogP contribution in [0.25, 0.3) is 0 Å². The van der Waals surface area contributed by atoms with E-state index in [2.05, 4.69) is 56.2 Å². The van der Waals surface area contributed by atoms with Gasteiger partial charge in [0, 0.05) is 20.0 Å². The number of amides is 1. The number of carbonyl (C=O) groups is 1. The largest absolute Gasteiger partial charge is 0.465 e. The van der Waals surface area contributed by atoms with Gasteiger partial charge < -0.3 is 24.3 Å². The molecule has 1 unspecified atom stereocenters. The molecule has 0 aliphatic carbocycles. The smallest absolute Gasteiger partial charge is 0.405 e. The Kier molecular flexibility index (Phi) is 8.25. The zero-order chi connectivity index (χ0) is 23.2. The summed E-state index contributed by atoms with van der Waals surface area (Å²) in [7, 11) is 0.0340. The van der Waals surface area contributed by atoms with E-state index in [9.17, 15) is 9.90 Å². The summed E-state index contributed by atoms with van der Waals surface area (Å²) in [5.41, 5.74) is 2.23. The molecule has 2 aromatic rings. The number of nitrogens with one attached hydrogen (secondary N) is 1. The Bertz CT molecular complexity index is 846. The van der Waals surface area contributed by atoms with Crippen LogP contribution in [-0.2, 0) is 17.3 Å². The highest BCUT2D eigenvalue weighted by Gasteiger charge is 2.37. The first kappa shape index (κ1) is 24.9. The standard InChI is InChI=1S/C22H36N4O4Si/c1-8-16-9-11-17(12-10-16)15-18(23-21(27)28)19-24-20(30-25-19)26(5)13-14-29-31(6,7)22(2,3)4/h9-12,18,23H,8,13-15H2,1-7H3,(H,27,28). The van der Waals surface area contributed by atoms with Crippen LogP contribution in [0.2, 0.25) is 18.1 Å². The molecule has 2 rings (SSSR count). The lowest BCUT2D eigenvalue weighted by Gasteiger charge is -2.36. The molecule has 1 atom stereocenters. The minimum atomic E-state index is -1.82. The molecule has 1 heterocycles. The van der Waals surface area contributed by atoms with Gasteiger partial charge >= 0.3 is 12.1 Å². The molecule has 1 aromatic heterocycles. The van der Waals surface area contributed by atoms with Crippen LogP contribution >= 0.6 is 0 Å². The summed E-state index contributed by atoms with van der Waals surface area (Å²) >= 11 is 0. The molecule has 9 heteroatoms. The van der Waals surface area contributed by atoms with Crippen LogP contribution in [0.15, 0.2) is 28.8 Å². The van der Waals surface area contributed by atoms with Crippen molar-refractivity contribution < 1.29 is 18.9 Å². The second kappa shape index (κ2) is 10.3. The number of nitrogens with zero attached hydrogens (tertiary/aromatic N) is 3.